The van der Waals surface area contributed by atoms with Crippen LogP contribution in [0.15, 0.2) is 18.2 Å². The number of nitrogens with zero attached hydrogens (tertiary/aromatic N) is 1. The lowest BCUT2D eigenvalue weighted by Gasteiger charge is -2.43. The van der Waals surface area contributed by atoms with Gasteiger partial charge in [0, 0.05) is 6.54 Å². The number of nitrogens with one attached hydrogen (secondary N) is 1. The summed E-state index contributed by atoms with van der Waals surface area (Å²) in [6.45, 7) is 5.45. The van der Waals surface area contributed by atoms with E-state index in [9.17, 15) is 9.59 Å². The summed E-state index contributed by atoms with van der Waals surface area (Å²) in [7, 11) is 0. The highest BCUT2D eigenvalue weighted by molar-refractivity contribution is 6.42. The fourth-order valence-electron chi connectivity index (χ4n) is 2.16. The Labute approximate surface area is 128 Å². The molecular formula is C14H16Cl2N2O2. The molecule has 1 N–H and O–H groups in total. The zero-order chi connectivity index (χ0) is 15.1. The summed E-state index contributed by atoms with van der Waals surface area (Å²) in [4.78, 5) is 25.9. The van der Waals surface area contributed by atoms with E-state index in [2.05, 4.69) is 5.32 Å². The molecule has 0 bridgehead atoms. The number of hydrogen-bond acceptors (Lipinski definition) is 2. The Balaban J connectivity index is 2.31. The second-order valence-electron chi connectivity index (χ2n) is 5.43. The molecule has 2 rings (SSSR count). The normalized spacial score (nSPS) is 21.9. The molecule has 0 saturated carbocycles. The molecule has 108 valence electrons. The molecule has 0 aliphatic carbocycles. The Morgan fingerprint density at radius 2 is 1.90 bits per heavy atom. The minimum Gasteiger partial charge on any atom is -0.343 e. The molecule has 1 aromatic rings. The van der Waals surface area contributed by atoms with Crippen LogP contribution in [0, 0.1) is 0 Å². The summed E-state index contributed by atoms with van der Waals surface area (Å²) in [6.07, 6.45) is 0. The van der Waals surface area contributed by atoms with Gasteiger partial charge in [-0.25, -0.2) is 0 Å². The SMILES string of the molecule is CC1NC(=O)C(C)(C)N(Cc2ccc(Cl)c(Cl)c2)C1=O. The van der Waals surface area contributed by atoms with Crippen molar-refractivity contribution in [3.63, 3.8) is 0 Å². The van der Waals surface area contributed by atoms with Crippen molar-refractivity contribution in [2.75, 3.05) is 0 Å². The van der Waals surface area contributed by atoms with Gasteiger partial charge in [0.25, 0.3) is 0 Å². The minimum absolute atomic E-state index is 0.110. The summed E-state index contributed by atoms with van der Waals surface area (Å²) < 4.78 is 0. The second kappa shape index (κ2) is 5.26. The van der Waals surface area contributed by atoms with Crippen LogP contribution in [0.3, 0.4) is 0 Å². The number of hydrogen-bond donors (Lipinski definition) is 1. The maximum Gasteiger partial charge on any atom is 0.246 e. The average molecular weight is 315 g/mol. The van der Waals surface area contributed by atoms with Gasteiger partial charge in [-0.05, 0) is 38.5 Å². The number of carbonyl (C=O) groups is 2. The van der Waals surface area contributed by atoms with E-state index in [1.54, 1.807) is 43.9 Å². The highest BCUT2D eigenvalue weighted by atomic mass is 35.5. The van der Waals surface area contributed by atoms with E-state index in [0.29, 0.717) is 16.6 Å². The van der Waals surface area contributed by atoms with E-state index in [1.165, 1.54) is 0 Å². The van der Waals surface area contributed by atoms with Crippen LogP contribution in [0.2, 0.25) is 10.0 Å². The summed E-state index contributed by atoms with van der Waals surface area (Å²) >= 11 is 11.9. The van der Waals surface area contributed by atoms with E-state index in [1.807, 2.05) is 0 Å². The molecule has 0 aromatic heterocycles. The highest BCUT2D eigenvalue weighted by Gasteiger charge is 2.44. The van der Waals surface area contributed by atoms with Gasteiger partial charge in [-0.15, -0.1) is 0 Å². The topological polar surface area (TPSA) is 49.4 Å². The molecule has 1 aromatic carbocycles. The van der Waals surface area contributed by atoms with Gasteiger partial charge in [-0.1, -0.05) is 29.3 Å². The number of rotatable bonds is 2. The van der Waals surface area contributed by atoms with Crippen LogP contribution >= 0.6 is 23.2 Å². The zero-order valence-corrected chi connectivity index (χ0v) is 13.0. The third kappa shape index (κ3) is 2.63. The molecule has 0 spiro atoms. The van der Waals surface area contributed by atoms with E-state index in [4.69, 9.17) is 23.2 Å². The van der Waals surface area contributed by atoms with E-state index < -0.39 is 11.6 Å². The molecule has 0 radical (unpaired) electrons. The minimum atomic E-state index is -0.893. The summed E-state index contributed by atoms with van der Waals surface area (Å²) in [6, 6.07) is 4.68. The highest BCUT2D eigenvalue weighted by Crippen LogP contribution is 2.27. The van der Waals surface area contributed by atoms with Crippen molar-refractivity contribution in [3.8, 4) is 0 Å². The molecule has 1 aliphatic rings. The molecule has 1 atom stereocenters. The molecule has 1 saturated heterocycles. The van der Waals surface area contributed by atoms with E-state index in [0.717, 1.165) is 5.56 Å². The van der Waals surface area contributed by atoms with Gasteiger partial charge in [0.05, 0.1) is 10.0 Å². The van der Waals surface area contributed by atoms with Crippen LogP contribution in [-0.4, -0.2) is 28.3 Å². The van der Waals surface area contributed by atoms with Crippen molar-refractivity contribution in [1.82, 2.24) is 10.2 Å². The van der Waals surface area contributed by atoms with Gasteiger partial charge in [-0.3, -0.25) is 9.59 Å². The third-order valence-corrected chi connectivity index (χ3v) is 4.28. The van der Waals surface area contributed by atoms with Gasteiger partial charge in [0.15, 0.2) is 0 Å². The fourth-order valence-corrected chi connectivity index (χ4v) is 2.48. The second-order valence-corrected chi connectivity index (χ2v) is 6.24. The maximum absolute atomic E-state index is 12.3. The Bertz CT molecular complexity index is 572. The molecule has 1 fully saturated rings. The standard InChI is InChI=1S/C14H16Cl2N2O2/c1-8-12(19)18(14(2,3)13(20)17-8)7-9-4-5-10(15)11(16)6-9/h4-6,8H,7H2,1-3H3,(H,17,20). The van der Waals surface area contributed by atoms with E-state index in [-0.39, 0.29) is 11.8 Å². The Morgan fingerprint density at radius 1 is 1.25 bits per heavy atom. The quantitative estimate of drug-likeness (QED) is 0.912. The number of carbonyl (C=O) groups excluding carboxylic acids is 2. The lowest BCUT2D eigenvalue weighted by molar-refractivity contribution is -0.155. The first-order valence-corrected chi connectivity index (χ1v) is 7.05. The maximum atomic E-state index is 12.3. The third-order valence-electron chi connectivity index (χ3n) is 3.54. The molecule has 6 heteroatoms. The lowest BCUT2D eigenvalue weighted by Crippen LogP contribution is -2.67. The zero-order valence-electron chi connectivity index (χ0n) is 11.5. The molecule has 1 unspecified atom stereocenters. The molecule has 1 aliphatic heterocycles. The van der Waals surface area contributed by atoms with Crippen molar-refractivity contribution in [2.24, 2.45) is 0 Å². The van der Waals surface area contributed by atoms with Gasteiger partial charge in [0.1, 0.15) is 11.6 Å². The van der Waals surface area contributed by atoms with Crippen LogP contribution < -0.4 is 5.32 Å². The van der Waals surface area contributed by atoms with Gasteiger partial charge in [0.2, 0.25) is 11.8 Å². The summed E-state index contributed by atoms with van der Waals surface area (Å²) in [5.41, 5.74) is -0.0573. The van der Waals surface area contributed by atoms with E-state index >= 15 is 0 Å². The molecule has 2 amide bonds. The van der Waals surface area contributed by atoms with Crippen LogP contribution in [0.4, 0.5) is 0 Å². The predicted octanol–water partition coefficient (Wildman–Crippen LogP) is 2.62. The number of amides is 2. The fraction of sp³-hybridized carbons (Fsp3) is 0.429. The first kappa shape index (κ1) is 15.1. The van der Waals surface area contributed by atoms with Crippen molar-refractivity contribution in [1.29, 1.82) is 0 Å². The van der Waals surface area contributed by atoms with Crippen molar-refractivity contribution in [2.45, 2.75) is 38.9 Å². The average Bonchev–Trinajstić information content (AvgIpc) is 2.37. The Morgan fingerprint density at radius 3 is 2.50 bits per heavy atom. The van der Waals surface area contributed by atoms with Crippen LogP contribution in [0.5, 0.6) is 0 Å². The molecule has 1 heterocycles. The molecular weight excluding hydrogens is 299 g/mol. The number of halogens is 2. The Hall–Kier alpha value is -1.26. The van der Waals surface area contributed by atoms with Crippen LogP contribution in [0.1, 0.15) is 26.3 Å². The number of piperazine rings is 1. The lowest BCUT2D eigenvalue weighted by atomic mass is 9.95. The smallest absolute Gasteiger partial charge is 0.246 e. The summed E-state index contributed by atoms with van der Waals surface area (Å²) in [5.74, 6) is -0.273. The number of benzene rings is 1. The molecule has 4 nitrogen and oxygen atoms in total. The predicted molar refractivity (Wildman–Crippen MR) is 78.7 cm³/mol. The summed E-state index contributed by atoms with van der Waals surface area (Å²) in [5, 5.41) is 3.58. The van der Waals surface area contributed by atoms with Gasteiger partial charge in [-0.2, -0.15) is 0 Å². The largest absolute Gasteiger partial charge is 0.343 e. The first-order chi connectivity index (χ1) is 9.23. The van der Waals surface area contributed by atoms with Gasteiger partial charge < -0.3 is 10.2 Å². The molecule has 20 heavy (non-hydrogen) atoms. The monoisotopic (exact) mass is 314 g/mol. The Kier molecular flexibility index (Phi) is 3.98. The van der Waals surface area contributed by atoms with Crippen molar-refractivity contribution in [3.05, 3.63) is 33.8 Å². The van der Waals surface area contributed by atoms with Crippen molar-refractivity contribution >= 4 is 35.0 Å². The van der Waals surface area contributed by atoms with Gasteiger partial charge >= 0.3 is 0 Å². The van der Waals surface area contributed by atoms with Crippen LogP contribution in [-0.2, 0) is 16.1 Å². The van der Waals surface area contributed by atoms with Crippen LogP contribution in [0.25, 0.3) is 0 Å². The first-order valence-electron chi connectivity index (χ1n) is 6.30. The van der Waals surface area contributed by atoms with Crippen molar-refractivity contribution < 1.29 is 9.59 Å².